The molecule has 0 heterocycles. The second-order valence-electron chi connectivity index (χ2n) is 9.69. The van der Waals surface area contributed by atoms with Gasteiger partial charge in [-0.05, 0) is 80.5 Å². The van der Waals surface area contributed by atoms with Crippen molar-refractivity contribution in [2.45, 2.75) is 77.0 Å². The maximum Gasteiger partial charge on any atom is 0.417 e. The largest absolute Gasteiger partial charge is 0.417 e. The summed E-state index contributed by atoms with van der Waals surface area (Å²) in [5, 5.41) is 10.1. The van der Waals surface area contributed by atoms with Crippen molar-refractivity contribution < 1.29 is 23.1 Å². The van der Waals surface area contributed by atoms with Crippen molar-refractivity contribution in [1.82, 2.24) is 0 Å². The van der Waals surface area contributed by atoms with Crippen LogP contribution in [0.1, 0.15) is 65.2 Å². The second kappa shape index (κ2) is 5.46. The number of ketones is 1. The summed E-state index contributed by atoms with van der Waals surface area (Å²) in [4.78, 5) is 12.5. The molecular formula is C20H29F3O2. The number of aliphatic hydroxyl groups is 1. The summed E-state index contributed by atoms with van der Waals surface area (Å²) in [5.74, 6) is 2.43. The molecule has 0 unspecified atom stereocenters. The quantitative estimate of drug-likeness (QED) is 0.679. The summed E-state index contributed by atoms with van der Waals surface area (Å²) in [6.45, 7) is 4.32. The Kier molecular flexibility index (Phi) is 3.89. The number of carbonyl (C=O) groups excluding carboxylic acids is 1. The van der Waals surface area contributed by atoms with Gasteiger partial charge in [-0.3, -0.25) is 4.79 Å². The molecule has 4 rings (SSSR count). The topological polar surface area (TPSA) is 37.3 Å². The zero-order chi connectivity index (χ0) is 18.2. The zero-order valence-electron chi connectivity index (χ0n) is 15.1. The Labute approximate surface area is 147 Å². The van der Waals surface area contributed by atoms with Crippen LogP contribution in [0.15, 0.2) is 0 Å². The van der Waals surface area contributed by atoms with Gasteiger partial charge in [0.2, 0.25) is 0 Å². The van der Waals surface area contributed by atoms with Crippen LogP contribution >= 0.6 is 0 Å². The lowest BCUT2D eigenvalue weighted by molar-refractivity contribution is -0.282. The van der Waals surface area contributed by atoms with E-state index in [1.807, 2.05) is 0 Å². The van der Waals surface area contributed by atoms with Crippen molar-refractivity contribution in [2.24, 2.45) is 40.9 Å². The second-order valence-corrected chi connectivity index (χ2v) is 9.69. The first-order valence-corrected chi connectivity index (χ1v) is 9.89. The minimum atomic E-state index is -4.52. The molecule has 4 aliphatic rings. The van der Waals surface area contributed by atoms with Gasteiger partial charge in [-0.15, -0.1) is 0 Å². The van der Waals surface area contributed by atoms with E-state index in [1.54, 1.807) is 0 Å². The van der Waals surface area contributed by atoms with Crippen molar-refractivity contribution >= 4 is 5.78 Å². The Morgan fingerprint density at radius 2 is 1.72 bits per heavy atom. The van der Waals surface area contributed by atoms with Crippen molar-refractivity contribution in [2.75, 3.05) is 0 Å². The number of hydrogen-bond acceptors (Lipinski definition) is 2. The molecule has 4 saturated carbocycles. The third-order valence-electron chi connectivity index (χ3n) is 8.55. The molecule has 142 valence electrons. The zero-order valence-corrected chi connectivity index (χ0v) is 15.1. The molecule has 4 fully saturated rings. The van der Waals surface area contributed by atoms with E-state index < -0.39 is 11.8 Å². The average Bonchev–Trinajstić information content (AvgIpc) is 2.75. The van der Waals surface area contributed by atoms with Crippen LogP contribution in [-0.4, -0.2) is 22.7 Å². The third-order valence-corrected chi connectivity index (χ3v) is 8.55. The lowest BCUT2D eigenvalue weighted by atomic mass is 9.49. The molecule has 8 atom stereocenters. The highest BCUT2D eigenvalue weighted by atomic mass is 19.4. The Bertz CT molecular complexity index is 574. The van der Waals surface area contributed by atoms with Crippen LogP contribution in [0.2, 0.25) is 0 Å². The number of alkyl halides is 3. The molecule has 1 N–H and O–H groups in total. The van der Waals surface area contributed by atoms with Crippen LogP contribution in [0.4, 0.5) is 13.2 Å². The highest BCUT2D eigenvalue weighted by molar-refractivity contribution is 5.87. The first-order chi connectivity index (χ1) is 11.6. The number of halogens is 3. The van der Waals surface area contributed by atoms with E-state index in [4.69, 9.17) is 0 Å². The highest BCUT2D eigenvalue weighted by Crippen LogP contribution is 2.63. The summed E-state index contributed by atoms with van der Waals surface area (Å²) in [6.07, 6.45) is -0.0732. The summed E-state index contributed by atoms with van der Waals surface area (Å²) in [6, 6.07) is 0. The van der Waals surface area contributed by atoms with Gasteiger partial charge >= 0.3 is 6.18 Å². The molecule has 0 saturated heterocycles. The summed E-state index contributed by atoms with van der Waals surface area (Å²) < 4.78 is 39.8. The monoisotopic (exact) mass is 358 g/mol. The normalized spacial score (nSPS) is 53.1. The predicted octanol–water partition coefficient (Wildman–Crippen LogP) is 4.75. The SMILES string of the molecule is C[C@@H]1CC(=O)[C@@]2(C)CC[C@H]3[C@@H](CC[C@@H]4C[C@@](O)(C(F)(F)F)CC[C@@H]43)[C@H]12. The smallest absolute Gasteiger partial charge is 0.380 e. The van der Waals surface area contributed by atoms with Gasteiger partial charge < -0.3 is 5.11 Å². The van der Waals surface area contributed by atoms with Crippen LogP contribution in [0, 0.1) is 40.9 Å². The molecule has 0 bridgehead atoms. The number of Topliss-reactive ketones (excluding diaryl/α,β-unsaturated/α-hetero) is 1. The first kappa shape index (κ1) is 17.8. The number of hydrogen-bond donors (Lipinski definition) is 1. The lowest BCUT2D eigenvalue weighted by Gasteiger charge is -2.56. The maximum absolute atomic E-state index is 13.3. The molecule has 0 aromatic rings. The molecule has 4 aliphatic carbocycles. The Hall–Kier alpha value is -0.580. The van der Waals surface area contributed by atoms with Gasteiger partial charge in [0.1, 0.15) is 5.78 Å². The first-order valence-electron chi connectivity index (χ1n) is 9.89. The van der Waals surface area contributed by atoms with Crippen molar-refractivity contribution in [1.29, 1.82) is 0 Å². The van der Waals surface area contributed by atoms with Crippen LogP contribution < -0.4 is 0 Å². The van der Waals surface area contributed by atoms with Gasteiger partial charge in [0.15, 0.2) is 5.60 Å². The van der Waals surface area contributed by atoms with Gasteiger partial charge in [-0.25, -0.2) is 0 Å². The minimum absolute atomic E-state index is 0.0154. The standard InChI is InChI=1S/C20H29F3O2/c1-11-9-16(24)18(2)7-5-14-13-6-8-19(25,20(21,22)23)10-12(13)3-4-15(14)17(11)18/h11-15,17,25H,3-10H2,1-2H3/t11-,12-,13+,14-,15-,17+,18-,19-/m1/s1. The molecule has 0 aliphatic heterocycles. The Morgan fingerprint density at radius 1 is 1.04 bits per heavy atom. The molecule has 0 radical (unpaired) electrons. The molecule has 2 nitrogen and oxygen atoms in total. The number of rotatable bonds is 0. The van der Waals surface area contributed by atoms with Gasteiger partial charge in [0.05, 0.1) is 0 Å². The predicted molar refractivity (Wildman–Crippen MR) is 87.7 cm³/mol. The fraction of sp³-hybridized carbons (Fsp3) is 0.950. The van der Waals surface area contributed by atoms with Crippen molar-refractivity contribution in [3.63, 3.8) is 0 Å². The molecular weight excluding hydrogens is 329 g/mol. The van der Waals surface area contributed by atoms with Crippen molar-refractivity contribution in [3.05, 3.63) is 0 Å². The van der Waals surface area contributed by atoms with E-state index in [1.165, 1.54) is 0 Å². The van der Waals surface area contributed by atoms with E-state index in [0.717, 1.165) is 25.7 Å². The number of fused-ring (bicyclic) bond motifs is 5. The van der Waals surface area contributed by atoms with Gasteiger partial charge in [-0.1, -0.05) is 13.8 Å². The lowest BCUT2D eigenvalue weighted by Crippen LogP contribution is -2.55. The van der Waals surface area contributed by atoms with Crippen molar-refractivity contribution in [3.8, 4) is 0 Å². The molecule has 0 spiro atoms. The van der Waals surface area contributed by atoms with E-state index in [9.17, 15) is 23.1 Å². The fourth-order valence-corrected chi connectivity index (χ4v) is 7.41. The van der Waals surface area contributed by atoms with Gasteiger partial charge in [0.25, 0.3) is 0 Å². The number of carbonyl (C=O) groups is 1. The van der Waals surface area contributed by atoms with E-state index in [-0.39, 0.29) is 24.2 Å². The molecule has 5 heteroatoms. The minimum Gasteiger partial charge on any atom is -0.380 e. The fourth-order valence-electron chi connectivity index (χ4n) is 7.41. The van der Waals surface area contributed by atoms with Crippen LogP contribution in [0.5, 0.6) is 0 Å². The Balaban J connectivity index is 1.56. The van der Waals surface area contributed by atoms with E-state index in [2.05, 4.69) is 13.8 Å². The highest BCUT2D eigenvalue weighted by Gasteiger charge is 2.62. The average molecular weight is 358 g/mol. The third kappa shape index (κ3) is 2.44. The summed E-state index contributed by atoms with van der Waals surface area (Å²) >= 11 is 0. The molecule has 25 heavy (non-hydrogen) atoms. The Morgan fingerprint density at radius 3 is 2.40 bits per heavy atom. The molecule has 0 aromatic heterocycles. The van der Waals surface area contributed by atoms with Gasteiger partial charge in [-0.2, -0.15) is 13.2 Å². The van der Waals surface area contributed by atoms with Gasteiger partial charge in [0, 0.05) is 11.8 Å². The van der Waals surface area contributed by atoms with Crippen LogP contribution in [-0.2, 0) is 4.79 Å². The molecule has 0 aromatic carbocycles. The maximum atomic E-state index is 13.3. The van der Waals surface area contributed by atoms with Crippen LogP contribution in [0.25, 0.3) is 0 Å². The van der Waals surface area contributed by atoms with E-state index in [0.29, 0.717) is 48.2 Å². The molecule has 0 amide bonds. The van der Waals surface area contributed by atoms with Crippen LogP contribution in [0.3, 0.4) is 0 Å². The summed E-state index contributed by atoms with van der Waals surface area (Å²) in [7, 11) is 0. The van der Waals surface area contributed by atoms with E-state index >= 15 is 0 Å². The summed E-state index contributed by atoms with van der Waals surface area (Å²) in [5.41, 5.74) is -2.68.